The smallest absolute Gasteiger partial charge is 0.313 e. The zero-order valence-corrected chi connectivity index (χ0v) is 14.6. The Hall–Kier alpha value is -1.10. The van der Waals surface area contributed by atoms with Gasteiger partial charge in [0.2, 0.25) is 0 Å². The molecule has 0 heterocycles. The van der Waals surface area contributed by atoms with E-state index in [2.05, 4.69) is 5.32 Å². The standard InChI is InChI=1S/C17H26ClNO3/c1-11(2)14(10-20)19-15(17(3,4)16(21)22-5)12-6-8-13(18)9-7-12/h6-9,11,14-15,19-20H,10H2,1-5H3/t14-,15-/m1/s1. The third-order valence-corrected chi connectivity index (χ3v) is 4.27. The van der Waals surface area contributed by atoms with Crippen LogP contribution in [0.2, 0.25) is 5.02 Å². The van der Waals surface area contributed by atoms with Crippen molar-refractivity contribution in [3.05, 3.63) is 34.9 Å². The fraction of sp³-hybridized carbons (Fsp3) is 0.588. The SMILES string of the molecule is COC(=O)C(C)(C)[C@H](N[C@H](CO)C(C)C)c1ccc(Cl)cc1. The quantitative estimate of drug-likeness (QED) is 0.755. The lowest BCUT2D eigenvalue weighted by atomic mass is 9.79. The number of aliphatic hydroxyl groups excluding tert-OH is 1. The van der Waals surface area contributed by atoms with Crippen molar-refractivity contribution in [1.29, 1.82) is 0 Å². The highest BCUT2D eigenvalue weighted by Crippen LogP contribution is 2.36. The predicted octanol–water partition coefficient (Wildman–Crippen LogP) is 3.19. The monoisotopic (exact) mass is 327 g/mol. The second-order valence-electron chi connectivity index (χ2n) is 6.40. The molecule has 0 amide bonds. The average Bonchev–Trinajstić information content (AvgIpc) is 2.48. The van der Waals surface area contributed by atoms with Gasteiger partial charge in [0.1, 0.15) is 0 Å². The molecule has 0 bridgehead atoms. The zero-order valence-electron chi connectivity index (χ0n) is 13.9. The van der Waals surface area contributed by atoms with Crippen LogP contribution in [-0.4, -0.2) is 30.8 Å². The van der Waals surface area contributed by atoms with Crippen LogP contribution in [0.4, 0.5) is 0 Å². The summed E-state index contributed by atoms with van der Waals surface area (Å²) in [4.78, 5) is 12.2. The molecule has 0 fully saturated rings. The van der Waals surface area contributed by atoms with Gasteiger partial charge in [-0.3, -0.25) is 4.79 Å². The molecule has 0 spiro atoms. The maximum Gasteiger partial charge on any atom is 0.313 e. The van der Waals surface area contributed by atoms with Crippen molar-refractivity contribution in [1.82, 2.24) is 5.32 Å². The van der Waals surface area contributed by atoms with Gasteiger partial charge >= 0.3 is 5.97 Å². The first kappa shape index (κ1) is 18.9. The lowest BCUT2D eigenvalue weighted by Crippen LogP contribution is -2.47. The topological polar surface area (TPSA) is 58.6 Å². The number of methoxy groups -OCH3 is 1. The van der Waals surface area contributed by atoms with Gasteiger partial charge in [0, 0.05) is 17.1 Å². The van der Waals surface area contributed by atoms with E-state index in [0.29, 0.717) is 5.02 Å². The lowest BCUT2D eigenvalue weighted by Gasteiger charge is -2.36. The van der Waals surface area contributed by atoms with Gasteiger partial charge in [0.05, 0.1) is 19.1 Å². The molecule has 0 saturated carbocycles. The summed E-state index contributed by atoms with van der Waals surface area (Å²) in [6.07, 6.45) is 0. The van der Waals surface area contributed by atoms with Crippen molar-refractivity contribution < 1.29 is 14.6 Å². The van der Waals surface area contributed by atoms with E-state index in [1.807, 2.05) is 39.8 Å². The number of benzene rings is 1. The van der Waals surface area contributed by atoms with Gasteiger partial charge in [-0.15, -0.1) is 0 Å². The molecule has 1 rings (SSSR count). The molecular weight excluding hydrogens is 302 g/mol. The van der Waals surface area contributed by atoms with E-state index in [-0.39, 0.29) is 30.6 Å². The summed E-state index contributed by atoms with van der Waals surface area (Å²) >= 11 is 5.95. The van der Waals surface area contributed by atoms with Gasteiger partial charge in [0.25, 0.3) is 0 Å². The number of halogens is 1. The molecule has 0 aliphatic carbocycles. The van der Waals surface area contributed by atoms with Crippen LogP contribution in [0.1, 0.15) is 39.3 Å². The van der Waals surface area contributed by atoms with Gasteiger partial charge in [-0.1, -0.05) is 37.6 Å². The molecule has 2 atom stereocenters. The normalized spacial score (nSPS) is 14.7. The summed E-state index contributed by atoms with van der Waals surface area (Å²) in [6, 6.07) is 6.95. The van der Waals surface area contributed by atoms with Crippen molar-refractivity contribution in [3.63, 3.8) is 0 Å². The Kier molecular flexibility index (Phi) is 6.85. The van der Waals surface area contributed by atoms with E-state index in [4.69, 9.17) is 16.3 Å². The van der Waals surface area contributed by atoms with Crippen LogP contribution in [-0.2, 0) is 9.53 Å². The average molecular weight is 328 g/mol. The molecule has 0 saturated heterocycles. The highest BCUT2D eigenvalue weighted by atomic mass is 35.5. The molecule has 124 valence electrons. The minimum atomic E-state index is -0.787. The number of rotatable bonds is 7. The van der Waals surface area contributed by atoms with E-state index in [1.54, 1.807) is 12.1 Å². The number of nitrogens with one attached hydrogen (secondary N) is 1. The Labute approximate surface area is 137 Å². The first-order valence-electron chi connectivity index (χ1n) is 7.44. The molecule has 1 aromatic rings. The molecule has 4 nitrogen and oxygen atoms in total. The molecule has 0 aliphatic rings. The minimum absolute atomic E-state index is 0.000983. The number of esters is 1. The van der Waals surface area contributed by atoms with E-state index in [0.717, 1.165) is 5.56 Å². The number of carbonyl (C=O) groups is 1. The first-order valence-corrected chi connectivity index (χ1v) is 7.82. The summed E-state index contributed by atoms with van der Waals surface area (Å²) in [5, 5.41) is 13.6. The number of hydrogen-bond acceptors (Lipinski definition) is 4. The molecule has 2 N–H and O–H groups in total. The molecule has 0 radical (unpaired) electrons. The van der Waals surface area contributed by atoms with Crippen LogP contribution in [0.15, 0.2) is 24.3 Å². The van der Waals surface area contributed by atoms with Crippen LogP contribution in [0.3, 0.4) is 0 Å². The highest BCUT2D eigenvalue weighted by molar-refractivity contribution is 6.30. The number of hydrogen-bond donors (Lipinski definition) is 2. The molecular formula is C17H26ClNO3. The predicted molar refractivity (Wildman–Crippen MR) is 88.8 cm³/mol. The third kappa shape index (κ3) is 4.45. The van der Waals surface area contributed by atoms with E-state index in [9.17, 15) is 9.90 Å². The Morgan fingerprint density at radius 1 is 1.32 bits per heavy atom. The largest absolute Gasteiger partial charge is 0.469 e. The second kappa shape index (κ2) is 7.95. The minimum Gasteiger partial charge on any atom is -0.469 e. The number of carbonyl (C=O) groups excluding carboxylic acids is 1. The maximum absolute atomic E-state index is 12.2. The molecule has 5 heteroatoms. The van der Waals surface area contributed by atoms with E-state index >= 15 is 0 Å². The van der Waals surface area contributed by atoms with Crippen molar-refractivity contribution >= 4 is 17.6 Å². The number of aliphatic hydroxyl groups is 1. The van der Waals surface area contributed by atoms with Crippen molar-refractivity contribution in [3.8, 4) is 0 Å². The first-order chi connectivity index (χ1) is 10.2. The van der Waals surface area contributed by atoms with Gasteiger partial charge in [-0.2, -0.15) is 0 Å². The highest BCUT2D eigenvalue weighted by Gasteiger charge is 2.40. The summed E-state index contributed by atoms with van der Waals surface area (Å²) in [5.74, 6) is -0.0753. The number of ether oxygens (including phenoxy) is 1. The Balaban J connectivity index is 3.20. The van der Waals surface area contributed by atoms with Crippen LogP contribution in [0.25, 0.3) is 0 Å². The summed E-state index contributed by atoms with van der Waals surface area (Å²) < 4.78 is 4.95. The Morgan fingerprint density at radius 2 is 1.86 bits per heavy atom. The Morgan fingerprint density at radius 3 is 2.27 bits per heavy atom. The third-order valence-electron chi connectivity index (χ3n) is 4.02. The fourth-order valence-electron chi connectivity index (χ4n) is 2.43. The van der Waals surface area contributed by atoms with Gasteiger partial charge in [-0.05, 0) is 37.5 Å². The maximum atomic E-state index is 12.2. The Bertz CT molecular complexity index is 485. The second-order valence-corrected chi connectivity index (χ2v) is 6.83. The van der Waals surface area contributed by atoms with Crippen molar-refractivity contribution in [2.45, 2.75) is 39.8 Å². The molecule has 0 unspecified atom stereocenters. The van der Waals surface area contributed by atoms with Crippen LogP contribution in [0, 0.1) is 11.3 Å². The van der Waals surface area contributed by atoms with Gasteiger partial charge in [0.15, 0.2) is 0 Å². The van der Waals surface area contributed by atoms with Crippen LogP contribution >= 0.6 is 11.6 Å². The van der Waals surface area contributed by atoms with E-state index < -0.39 is 5.41 Å². The lowest BCUT2D eigenvalue weighted by molar-refractivity contribution is -0.153. The summed E-state index contributed by atoms with van der Waals surface area (Å²) in [7, 11) is 1.38. The zero-order chi connectivity index (χ0) is 16.9. The van der Waals surface area contributed by atoms with Gasteiger partial charge in [-0.25, -0.2) is 0 Å². The molecule has 1 aromatic carbocycles. The fourth-order valence-corrected chi connectivity index (χ4v) is 2.55. The summed E-state index contributed by atoms with van der Waals surface area (Å²) in [5.41, 5.74) is 0.143. The van der Waals surface area contributed by atoms with Crippen molar-refractivity contribution in [2.75, 3.05) is 13.7 Å². The molecule has 0 aliphatic heterocycles. The van der Waals surface area contributed by atoms with E-state index in [1.165, 1.54) is 7.11 Å². The van der Waals surface area contributed by atoms with Crippen LogP contribution < -0.4 is 5.32 Å². The van der Waals surface area contributed by atoms with Gasteiger partial charge < -0.3 is 15.2 Å². The molecule has 0 aromatic heterocycles. The summed E-state index contributed by atoms with van der Waals surface area (Å²) in [6.45, 7) is 7.72. The molecule has 22 heavy (non-hydrogen) atoms. The van der Waals surface area contributed by atoms with Crippen LogP contribution in [0.5, 0.6) is 0 Å². The van der Waals surface area contributed by atoms with Crippen molar-refractivity contribution in [2.24, 2.45) is 11.3 Å².